The van der Waals surface area contributed by atoms with Crippen LogP contribution in [-0.2, 0) is 0 Å². The summed E-state index contributed by atoms with van der Waals surface area (Å²) in [6.45, 7) is 5.30. The normalized spacial score (nSPS) is 10.3. The quantitative estimate of drug-likeness (QED) is 0.587. The molecule has 74 valence electrons. The second-order valence-electron chi connectivity index (χ2n) is 2.59. The monoisotopic (exact) mass is 217 g/mol. The van der Waals surface area contributed by atoms with Gasteiger partial charge in [-0.05, 0) is 12.2 Å². The van der Waals surface area contributed by atoms with E-state index in [1.807, 2.05) is 0 Å². The molecule has 0 unspecified atom stereocenters. The lowest BCUT2D eigenvalue weighted by molar-refractivity contribution is 0.830. The predicted molar refractivity (Wildman–Crippen MR) is 59.7 cm³/mol. The fraction of sp³-hybridized carbons (Fsp3) is 0.750. The standard InChI is InChI=1S/C8H15N3S2/c1-3-5-6-9-7-10-11-8(13-7)12-4-2/h3-6H2,1-2H3,(H,9,10). The van der Waals surface area contributed by atoms with Crippen molar-refractivity contribution in [2.75, 3.05) is 17.6 Å². The molecule has 3 nitrogen and oxygen atoms in total. The molecule has 0 aromatic carbocycles. The molecule has 0 radical (unpaired) electrons. The molecule has 1 heterocycles. The summed E-state index contributed by atoms with van der Waals surface area (Å²) in [4.78, 5) is 0. The third-order valence-corrected chi connectivity index (χ3v) is 3.38. The Hall–Kier alpha value is -0.290. The van der Waals surface area contributed by atoms with Gasteiger partial charge in [0.15, 0.2) is 4.34 Å². The number of thioether (sulfide) groups is 1. The van der Waals surface area contributed by atoms with Crippen LogP contribution < -0.4 is 5.32 Å². The van der Waals surface area contributed by atoms with E-state index in [4.69, 9.17) is 0 Å². The first-order valence-corrected chi connectivity index (χ1v) is 6.37. The number of aromatic nitrogens is 2. The smallest absolute Gasteiger partial charge is 0.206 e. The molecule has 0 aliphatic carbocycles. The average molecular weight is 217 g/mol. The summed E-state index contributed by atoms with van der Waals surface area (Å²) >= 11 is 3.38. The van der Waals surface area contributed by atoms with Crippen LogP contribution in [0.1, 0.15) is 26.7 Å². The first kappa shape index (κ1) is 10.8. The fourth-order valence-corrected chi connectivity index (χ4v) is 2.51. The molecular formula is C8H15N3S2. The number of hydrogen-bond donors (Lipinski definition) is 1. The van der Waals surface area contributed by atoms with E-state index in [1.165, 1.54) is 12.8 Å². The lowest BCUT2D eigenvalue weighted by Gasteiger charge is -1.97. The zero-order valence-electron chi connectivity index (χ0n) is 8.04. The first-order chi connectivity index (χ1) is 6.36. The highest BCUT2D eigenvalue weighted by Crippen LogP contribution is 2.24. The molecule has 0 saturated heterocycles. The van der Waals surface area contributed by atoms with E-state index in [0.29, 0.717) is 0 Å². The largest absolute Gasteiger partial charge is 0.360 e. The summed E-state index contributed by atoms with van der Waals surface area (Å²) in [6.07, 6.45) is 2.40. The van der Waals surface area contributed by atoms with Crippen molar-refractivity contribution >= 4 is 28.2 Å². The van der Waals surface area contributed by atoms with Crippen LogP contribution in [0.3, 0.4) is 0 Å². The van der Waals surface area contributed by atoms with Gasteiger partial charge in [0.1, 0.15) is 0 Å². The molecule has 0 spiro atoms. The molecule has 1 rings (SSSR count). The van der Waals surface area contributed by atoms with E-state index in [9.17, 15) is 0 Å². The van der Waals surface area contributed by atoms with E-state index in [0.717, 1.165) is 21.8 Å². The summed E-state index contributed by atoms with van der Waals surface area (Å²) < 4.78 is 1.06. The molecule has 0 fully saturated rings. The highest BCUT2D eigenvalue weighted by molar-refractivity contribution is 8.01. The molecule has 0 aliphatic rings. The third kappa shape index (κ3) is 3.95. The van der Waals surface area contributed by atoms with Crippen molar-refractivity contribution in [3.63, 3.8) is 0 Å². The van der Waals surface area contributed by atoms with Crippen LogP contribution in [0, 0.1) is 0 Å². The van der Waals surface area contributed by atoms with Gasteiger partial charge in [0, 0.05) is 6.54 Å². The number of unbranched alkanes of at least 4 members (excludes halogenated alkanes) is 1. The van der Waals surface area contributed by atoms with Crippen LogP contribution in [0.4, 0.5) is 5.13 Å². The number of rotatable bonds is 6. The van der Waals surface area contributed by atoms with Crippen molar-refractivity contribution in [3.8, 4) is 0 Å². The SMILES string of the molecule is CCCCNc1nnc(SCC)s1. The van der Waals surface area contributed by atoms with Crippen molar-refractivity contribution in [2.45, 2.75) is 31.0 Å². The molecule has 0 atom stereocenters. The lowest BCUT2D eigenvalue weighted by Crippen LogP contribution is -1.99. The maximum Gasteiger partial charge on any atom is 0.206 e. The summed E-state index contributed by atoms with van der Waals surface area (Å²) in [5.74, 6) is 1.06. The zero-order chi connectivity index (χ0) is 9.52. The van der Waals surface area contributed by atoms with Crippen LogP contribution in [0.25, 0.3) is 0 Å². The van der Waals surface area contributed by atoms with Gasteiger partial charge in [-0.1, -0.05) is 43.4 Å². The Bertz CT molecular complexity index is 237. The second kappa shape index (κ2) is 6.21. The Kier molecular flexibility index (Phi) is 5.15. The molecule has 1 aromatic heterocycles. The predicted octanol–water partition coefficient (Wildman–Crippen LogP) is 2.86. The van der Waals surface area contributed by atoms with Crippen molar-refractivity contribution in [2.24, 2.45) is 0 Å². The molecule has 0 bridgehead atoms. The number of nitrogens with zero attached hydrogens (tertiary/aromatic N) is 2. The highest BCUT2D eigenvalue weighted by Gasteiger charge is 2.01. The topological polar surface area (TPSA) is 37.8 Å². The molecule has 0 saturated carbocycles. The lowest BCUT2D eigenvalue weighted by atomic mass is 10.3. The summed E-state index contributed by atoms with van der Waals surface area (Å²) in [5.41, 5.74) is 0. The van der Waals surface area contributed by atoms with Crippen molar-refractivity contribution in [1.29, 1.82) is 0 Å². The summed E-state index contributed by atoms with van der Waals surface area (Å²) in [7, 11) is 0. The molecule has 0 aliphatic heterocycles. The maximum absolute atomic E-state index is 4.05. The van der Waals surface area contributed by atoms with E-state index in [1.54, 1.807) is 23.1 Å². The van der Waals surface area contributed by atoms with E-state index < -0.39 is 0 Å². The van der Waals surface area contributed by atoms with Crippen molar-refractivity contribution < 1.29 is 0 Å². The number of nitrogens with one attached hydrogen (secondary N) is 1. The van der Waals surface area contributed by atoms with Gasteiger partial charge < -0.3 is 5.32 Å². The van der Waals surface area contributed by atoms with E-state index in [2.05, 4.69) is 29.4 Å². The van der Waals surface area contributed by atoms with Crippen molar-refractivity contribution in [3.05, 3.63) is 0 Å². The zero-order valence-corrected chi connectivity index (χ0v) is 9.67. The number of hydrogen-bond acceptors (Lipinski definition) is 5. The maximum atomic E-state index is 4.05. The minimum atomic E-state index is 0.949. The van der Waals surface area contributed by atoms with E-state index >= 15 is 0 Å². The van der Waals surface area contributed by atoms with Crippen LogP contribution in [0.5, 0.6) is 0 Å². The molecule has 13 heavy (non-hydrogen) atoms. The van der Waals surface area contributed by atoms with Gasteiger partial charge >= 0.3 is 0 Å². The Morgan fingerprint density at radius 3 is 2.92 bits per heavy atom. The van der Waals surface area contributed by atoms with Gasteiger partial charge in [-0.15, -0.1) is 10.2 Å². The Balaban J connectivity index is 2.31. The van der Waals surface area contributed by atoms with Crippen LogP contribution in [0.2, 0.25) is 0 Å². The fourth-order valence-electron chi connectivity index (χ4n) is 0.835. The minimum absolute atomic E-state index is 0.949. The van der Waals surface area contributed by atoms with Crippen LogP contribution in [-0.4, -0.2) is 22.5 Å². The third-order valence-electron chi connectivity index (χ3n) is 1.48. The summed E-state index contributed by atoms with van der Waals surface area (Å²) in [6, 6.07) is 0. The van der Waals surface area contributed by atoms with Gasteiger partial charge in [-0.25, -0.2) is 0 Å². The molecule has 0 amide bonds. The van der Waals surface area contributed by atoms with Crippen molar-refractivity contribution in [1.82, 2.24) is 10.2 Å². The second-order valence-corrected chi connectivity index (χ2v) is 5.08. The van der Waals surface area contributed by atoms with E-state index in [-0.39, 0.29) is 0 Å². The molecule has 1 aromatic rings. The minimum Gasteiger partial charge on any atom is -0.360 e. The Morgan fingerprint density at radius 1 is 1.38 bits per heavy atom. The number of anilines is 1. The Morgan fingerprint density at radius 2 is 2.23 bits per heavy atom. The molecule has 5 heteroatoms. The van der Waals surface area contributed by atoms with Gasteiger partial charge in [-0.3, -0.25) is 0 Å². The van der Waals surface area contributed by atoms with Gasteiger partial charge in [-0.2, -0.15) is 0 Å². The van der Waals surface area contributed by atoms with Gasteiger partial charge in [0.05, 0.1) is 0 Å². The highest BCUT2D eigenvalue weighted by atomic mass is 32.2. The van der Waals surface area contributed by atoms with Crippen LogP contribution >= 0.6 is 23.1 Å². The van der Waals surface area contributed by atoms with Crippen LogP contribution in [0.15, 0.2) is 4.34 Å². The first-order valence-electron chi connectivity index (χ1n) is 4.57. The summed E-state index contributed by atoms with van der Waals surface area (Å²) in [5, 5.41) is 12.3. The average Bonchev–Trinajstić information content (AvgIpc) is 2.54. The Labute approximate surface area is 87.3 Å². The molecule has 1 N–H and O–H groups in total. The van der Waals surface area contributed by atoms with Gasteiger partial charge in [0.2, 0.25) is 5.13 Å². The van der Waals surface area contributed by atoms with Gasteiger partial charge in [0.25, 0.3) is 0 Å². The molecular weight excluding hydrogens is 202 g/mol.